The number of benzene rings is 1. The summed E-state index contributed by atoms with van der Waals surface area (Å²) in [6, 6.07) is 11.7. The summed E-state index contributed by atoms with van der Waals surface area (Å²) < 4.78 is 1.70. The monoisotopic (exact) mass is 242 g/mol. The van der Waals surface area contributed by atoms with Gasteiger partial charge < -0.3 is 10.3 Å². The van der Waals surface area contributed by atoms with Crippen molar-refractivity contribution in [3.63, 3.8) is 0 Å². The molecule has 1 heterocycles. The molecule has 1 aromatic heterocycles. The molecule has 2 aromatic rings. The molecular formula is C15H18N2O. The number of nitrogen functional groups attached to an aromatic ring is 1. The van der Waals surface area contributed by atoms with Gasteiger partial charge in [-0.3, -0.25) is 4.79 Å². The quantitative estimate of drug-likeness (QED) is 0.899. The predicted octanol–water partition coefficient (Wildman–Crippen LogP) is 2.75. The van der Waals surface area contributed by atoms with Gasteiger partial charge in [0.1, 0.15) is 0 Å². The Kier molecular flexibility index (Phi) is 3.51. The number of pyridine rings is 1. The minimum atomic E-state index is -0.108. The van der Waals surface area contributed by atoms with E-state index in [9.17, 15) is 4.79 Å². The van der Waals surface area contributed by atoms with Crippen molar-refractivity contribution in [3.8, 4) is 11.1 Å². The van der Waals surface area contributed by atoms with E-state index in [2.05, 4.69) is 13.8 Å². The second kappa shape index (κ2) is 5.08. The highest BCUT2D eigenvalue weighted by atomic mass is 16.1. The lowest BCUT2D eigenvalue weighted by molar-refractivity contribution is 0.512. The number of nitrogens with two attached hydrogens (primary N) is 1. The average molecular weight is 242 g/mol. The van der Waals surface area contributed by atoms with Crippen LogP contribution in [0.5, 0.6) is 0 Å². The molecule has 94 valence electrons. The summed E-state index contributed by atoms with van der Waals surface area (Å²) in [5.74, 6) is 0.410. The molecule has 1 aromatic carbocycles. The van der Waals surface area contributed by atoms with E-state index in [-0.39, 0.29) is 5.56 Å². The van der Waals surface area contributed by atoms with Gasteiger partial charge in [-0.1, -0.05) is 44.2 Å². The standard InChI is InChI=1S/C15H18N2O/c1-11(2)9-17-10-13(8-14(16)15(17)18)12-6-4-3-5-7-12/h3-8,10-11H,9,16H2,1-2H3. The van der Waals surface area contributed by atoms with Crippen molar-refractivity contribution in [1.29, 1.82) is 0 Å². The van der Waals surface area contributed by atoms with E-state index in [1.807, 2.05) is 36.5 Å². The molecule has 0 aliphatic rings. The van der Waals surface area contributed by atoms with Crippen LogP contribution in [0.15, 0.2) is 47.4 Å². The van der Waals surface area contributed by atoms with Crippen LogP contribution in [0.25, 0.3) is 11.1 Å². The lowest BCUT2D eigenvalue weighted by Gasteiger charge is -2.12. The molecule has 0 saturated carbocycles. The number of aromatic nitrogens is 1. The Bertz CT molecular complexity index is 585. The maximum atomic E-state index is 11.9. The largest absolute Gasteiger partial charge is 0.394 e. The van der Waals surface area contributed by atoms with Crippen molar-refractivity contribution in [2.45, 2.75) is 20.4 Å². The third kappa shape index (κ3) is 2.62. The molecule has 0 spiro atoms. The molecule has 0 aliphatic heterocycles. The van der Waals surface area contributed by atoms with E-state index < -0.39 is 0 Å². The van der Waals surface area contributed by atoms with E-state index in [1.54, 1.807) is 10.6 Å². The number of anilines is 1. The summed E-state index contributed by atoms with van der Waals surface area (Å²) in [5, 5.41) is 0. The van der Waals surface area contributed by atoms with Gasteiger partial charge in [0.05, 0.1) is 5.69 Å². The third-order valence-electron chi connectivity index (χ3n) is 2.78. The summed E-state index contributed by atoms with van der Waals surface area (Å²) in [7, 11) is 0. The van der Waals surface area contributed by atoms with Crippen LogP contribution in [0.1, 0.15) is 13.8 Å². The van der Waals surface area contributed by atoms with Gasteiger partial charge in [0.15, 0.2) is 0 Å². The predicted molar refractivity (Wildman–Crippen MR) is 75.4 cm³/mol. The Morgan fingerprint density at radius 2 is 1.83 bits per heavy atom. The van der Waals surface area contributed by atoms with Gasteiger partial charge in [-0.15, -0.1) is 0 Å². The van der Waals surface area contributed by atoms with Crippen LogP contribution in [0, 0.1) is 5.92 Å². The molecule has 3 nitrogen and oxygen atoms in total. The van der Waals surface area contributed by atoms with Gasteiger partial charge in [-0.25, -0.2) is 0 Å². The van der Waals surface area contributed by atoms with Crippen molar-refractivity contribution in [2.75, 3.05) is 5.73 Å². The Labute approximate surface area is 107 Å². The number of nitrogens with zero attached hydrogens (tertiary/aromatic N) is 1. The minimum Gasteiger partial charge on any atom is -0.394 e. The van der Waals surface area contributed by atoms with Gasteiger partial charge in [0.25, 0.3) is 5.56 Å². The van der Waals surface area contributed by atoms with E-state index >= 15 is 0 Å². The highest BCUT2D eigenvalue weighted by molar-refractivity contribution is 5.65. The first-order valence-corrected chi connectivity index (χ1v) is 6.13. The van der Waals surface area contributed by atoms with Crippen LogP contribution < -0.4 is 11.3 Å². The maximum Gasteiger partial charge on any atom is 0.273 e. The van der Waals surface area contributed by atoms with Gasteiger partial charge in [-0.2, -0.15) is 0 Å². The number of hydrogen-bond donors (Lipinski definition) is 1. The van der Waals surface area contributed by atoms with E-state index in [0.717, 1.165) is 11.1 Å². The zero-order valence-corrected chi connectivity index (χ0v) is 10.8. The van der Waals surface area contributed by atoms with Crippen molar-refractivity contribution in [2.24, 2.45) is 5.92 Å². The average Bonchev–Trinajstić information content (AvgIpc) is 2.35. The first-order valence-electron chi connectivity index (χ1n) is 6.13. The molecule has 0 amide bonds. The molecule has 0 radical (unpaired) electrons. The van der Waals surface area contributed by atoms with Crippen LogP contribution in [-0.4, -0.2) is 4.57 Å². The maximum absolute atomic E-state index is 11.9. The van der Waals surface area contributed by atoms with Crippen LogP contribution in [0.3, 0.4) is 0 Å². The highest BCUT2D eigenvalue weighted by Gasteiger charge is 2.06. The second-order valence-corrected chi connectivity index (χ2v) is 4.90. The smallest absolute Gasteiger partial charge is 0.273 e. The summed E-state index contributed by atoms with van der Waals surface area (Å²) >= 11 is 0. The SMILES string of the molecule is CC(C)Cn1cc(-c2ccccc2)cc(N)c1=O. The molecule has 18 heavy (non-hydrogen) atoms. The summed E-state index contributed by atoms with van der Waals surface area (Å²) in [6.45, 7) is 4.85. The first kappa shape index (κ1) is 12.4. The van der Waals surface area contributed by atoms with Crippen LogP contribution >= 0.6 is 0 Å². The van der Waals surface area contributed by atoms with Gasteiger partial charge in [-0.05, 0) is 17.5 Å². The topological polar surface area (TPSA) is 48.0 Å². The molecule has 0 saturated heterocycles. The fourth-order valence-electron chi connectivity index (χ4n) is 1.98. The molecule has 2 N–H and O–H groups in total. The summed E-state index contributed by atoms with van der Waals surface area (Å²) in [4.78, 5) is 11.9. The fourth-order valence-corrected chi connectivity index (χ4v) is 1.98. The van der Waals surface area contributed by atoms with E-state index in [0.29, 0.717) is 18.2 Å². The molecule has 0 fully saturated rings. The Morgan fingerprint density at radius 1 is 1.17 bits per heavy atom. The molecule has 0 unspecified atom stereocenters. The zero-order chi connectivity index (χ0) is 13.1. The van der Waals surface area contributed by atoms with Crippen molar-refractivity contribution >= 4 is 5.69 Å². The van der Waals surface area contributed by atoms with Gasteiger partial charge in [0.2, 0.25) is 0 Å². The number of hydrogen-bond acceptors (Lipinski definition) is 2. The Balaban J connectivity index is 2.51. The van der Waals surface area contributed by atoms with E-state index in [1.165, 1.54) is 0 Å². The third-order valence-corrected chi connectivity index (χ3v) is 2.78. The highest BCUT2D eigenvalue weighted by Crippen LogP contribution is 2.19. The molecular weight excluding hydrogens is 224 g/mol. The van der Waals surface area contributed by atoms with Gasteiger partial charge >= 0.3 is 0 Å². The molecule has 3 heteroatoms. The number of rotatable bonds is 3. The van der Waals surface area contributed by atoms with Crippen molar-refractivity contribution in [3.05, 3.63) is 52.9 Å². The molecule has 0 atom stereocenters. The molecule has 2 rings (SSSR count). The molecule has 0 bridgehead atoms. The second-order valence-electron chi connectivity index (χ2n) is 4.90. The normalized spacial score (nSPS) is 10.8. The Morgan fingerprint density at radius 3 is 2.44 bits per heavy atom. The Hall–Kier alpha value is -2.03. The van der Waals surface area contributed by atoms with Crippen LogP contribution in [-0.2, 0) is 6.54 Å². The fraction of sp³-hybridized carbons (Fsp3) is 0.267. The lowest BCUT2D eigenvalue weighted by Crippen LogP contribution is -2.24. The first-order chi connectivity index (χ1) is 8.58. The minimum absolute atomic E-state index is 0.108. The molecule has 0 aliphatic carbocycles. The van der Waals surface area contributed by atoms with E-state index in [4.69, 9.17) is 5.73 Å². The zero-order valence-electron chi connectivity index (χ0n) is 10.8. The van der Waals surface area contributed by atoms with Crippen LogP contribution in [0.4, 0.5) is 5.69 Å². The van der Waals surface area contributed by atoms with Crippen LogP contribution in [0.2, 0.25) is 0 Å². The lowest BCUT2D eigenvalue weighted by atomic mass is 10.1. The summed E-state index contributed by atoms with van der Waals surface area (Å²) in [5.41, 5.74) is 8.05. The van der Waals surface area contributed by atoms with Crippen molar-refractivity contribution in [1.82, 2.24) is 4.57 Å². The summed E-state index contributed by atoms with van der Waals surface area (Å²) in [6.07, 6.45) is 1.88. The van der Waals surface area contributed by atoms with Crippen molar-refractivity contribution < 1.29 is 0 Å². The van der Waals surface area contributed by atoms with Gasteiger partial charge in [0, 0.05) is 18.3 Å².